The van der Waals surface area contributed by atoms with E-state index in [1.807, 2.05) is 19.2 Å². The van der Waals surface area contributed by atoms with Gasteiger partial charge < -0.3 is 14.2 Å². The minimum atomic E-state index is -0.0589. The van der Waals surface area contributed by atoms with Gasteiger partial charge >= 0.3 is 0 Å². The summed E-state index contributed by atoms with van der Waals surface area (Å²) in [4.78, 5) is 11.8. The number of nitrogens with one attached hydrogen (secondary N) is 1. The third-order valence-electron chi connectivity index (χ3n) is 3.34. The Morgan fingerprint density at radius 1 is 1.39 bits per heavy atom. The minimum absolute atomic E-state index is 0.0589. The van der Waals surface area contributed by atoms with E-state index in [4.69, 9.17) is 8.83 Å². The molecule has 0 spiro atoms. The lowest BCUT2D eigenvalue weighted by atomic mass is 10.2. The van der Waals surface area contributed by atoms with E-state index in [1.165, 1.54) is 0 Å². The molecule has 0 aliphatic rings. The van der Waals surface area contributed by atoms with Crippen LogP contribution in [-0.2, 0) is 17.8 Å². The van der Waals surface area contributed by atoms with Crippen LogP contribution in [0.1, 0.15) is 18.1 Å². The number of amides is 1. The van der Waals surface area contributed by atoms with Crippen LogP contribution in [0, 0.1) is 6.92 Å². The van der Waals surface area contributed by atoms with Gasteiger partial charge in [0, 0.05) is 31.8 Å². The highest BCUT2D eigenvalue weighted by Crippen LogP contribution is 2.22. The third-order valence-corrected chi connectivity index (χ3v) is 3.34. The lowest BCUT2D eigenvalue weighted by Gasteiger charge is -2.04. The van der Waals surface area contributed by atoms with Crippen molar-refractivity contribution in [2.24, 2.45) is 0 Å². The monoisotopic (exact) mass is 315 g/mol. The molecule has 0 unspecified atom stereocenters. The first-order valence-electron chi connectivity index (χ1n) is 7.33. The smallest absolute Gasteiger partial charge is 0.251 e. The van der Waals surface area contributed by atoms with Crippen molar-refractivity contribution in [2.75, 3.05) is 6.54 Å². The van der Waals surface area contributed by atoms with Gasteiger partial charge in [-0.05, 0) is 19.1 Å². The van der Waals surface area contributed by atoms with Crippen LogP contribution >= 0.6 is 0 Å². The van der Waals surface area contributed by atoms with Crippen LogP contribution in [0.4, 0.5) is 0 Å². The SMILES string of the molecule is Cc1occc1-c1nnc(CCC(=O)NCCn2cccn2)o1. The molecule has 3 heterocycles. The topological polar surface area (TPSA) is 99.0 Å². The fourth-order valence-corrected chi connectivity index (χ4v) is 2.12. The summed E-state index contributed by atoms with van der Waals surface area (Å²) in [6.45, 7) is 3.00. The van der Waals surface area contributed by atoms with Crippen LogP contribution in [0.5, 0.6) is 0 Å². The summed E-state index contributed by atoms with van der Waals surface area (Å²) >= 11 is 0. The van der Waals surface area contributed by atoms with Gasteiger partial charge in [0.05, 0.1) is 18.4 Å². The van der Waals surface area contributed by atoms with E-state index in [0.717, 1.165) is 11.3 Å². The summed E-state index contributed by atoms with van der Waals surface area (Å²) in [5.41, 5.74) is 0.771. The zero-order chi connectivity index (χ0) is 16.1. The molecule has 0 atom stereocenters. The van der Waals surface area contributed by atoms with Crippen LogP contribution in [0.2, 0.25) is 0 Å². The maximum absolute atomic E-state index is 11.8. The second-order valence-corrected chi connectivity index (χ2v) is 5.01. The fraction of sp³-hybridized carbons (Fsp3) is 0.333. The molecular formula is C15H17N5O3. The number of carbonyl (C=O) groups excluding carboxylic acids is 1. The zero-order valence-electron chi connectivity index (χ0n) is 12.7. The van der Waals surface area contributed by atoms with Crippen LogP contribution in [0.25, 0.3) is 11.5 Å². The molecule has 120 valence electrons. The van der Waals surface area contributed by atoms with Gasteiger partial charge in [-0.3, -0.25) is 9.48 Å². The largest absolute Gasteiger partial charge is 0.469 e. The van der Waals surface area contributed by atoms with E-state index in [0.29, 0.717) is 37.7 Å². The van der Waals surface area contributed by atoms with E-state index in [2.05, 4.69) is 20.6 Å². The Morgan fingerprint density at radius 2 is 2.30 bits per heavy atom. The number of carbonyl (C=O) groups is 1. The van der Waals surface area contributed by atoms with Crippen molar-refractivity contribution in [1.82, 2.24) is 25.3 Å². The lowest BCUT2D eigenvalue weighted by Crippen LogP contribution is -2.27. The average Bonchev–Trinajstić information content (AvgIpc) is 3.26. The van der Waals surface area contributed by atoms with Crippen molar-refractivity contribution in [2.45, 2.75) is 26.3 Å². The van der Waals surface area contributed by atoms with Crippen molar-refractivity contribution in [3.8, 4) is 11.5 Å². The first-order chi connectivity index (χ1) is 11.2. The summed E-state index contributed by atoms with van der Waals surface area (Å²) in [7, 11) is 0. The van der Waals surface area contributed by atoms with Gasteiger partial charge in [-0.2, -0.15) is 5.10 Å². The van der Waals surface area contributed by atoms with Gasteiger partial charge in [0.2, 0.25) is 11.8 Å². The molecule has 1 amide bonds. The van der Waals surface area contributed by atoms with E-state index >= 15 is 0 Å². The molecule has 0 fully saturated rings. The number of aryl methyl sites for hydroxylation is 2. The molecule has 3 aromatic heterocycles. The van der Waals surface area contributed by atoms with E-state index < -0.39 is 0 Å². The maximum Gasteiger partial charge on any atom is 0.251 e. The molecule has 3 aromatic rings. The van der Waals surface area contributed by atoms with Crippen molar-refractivity contribution in [3.63, 3.8) is 0 Å². The van der Waals surface area contributed by atoms with Gasteiger partial charge in [0.1, 0.15) is 5.76 Å². The highest BCUT2D eigenvalue weighted by molar-refractivity contribution is 5.75. The van der Waals surface area contributed by atoms with Gasteiger partial charge in [-0.1, -0.05) is 0 Å². The standard InChI is InChI=1S/C15H17N5O3/c1-11-12(5-10-22-11)15-19-18-14(23-15)4-3-13(21)16-7-9-20-8-2-6-17-20/h2,5-6,8,10H,3-4,7,9H2,1H3,(H,16,21). The molecule has 8 nitrogen and oxygen atoms in total. The predicted molar refractivity (Wildman–Crippen MR) is 80.3 cm³/mol. The molecule has 0 aliphatic carbocycles. The molecule has 23 heavy (non-hydrogen) atoms. The number of furan rings is 1. The summed E-state index contributed by atoms with van der Waals surface area (Å²) in [5, 5.41) is 14.8. The van der Waals surface area contributed by atoms with Crippen LogP contribution < -0.4 is 5.32 Å². The molecule has 0 saturated carbocycles. The van der Waals surface area contributed by atoms with Crippen molar-refractivity contribution in [3.05, 3.63) is 42.4 Å². The minimum Gasteiger partial charge on any atom is -0.469 e. The Labute approximate surface area is 132 Å². The Morgan fingerprint density at radius 3 is 3.04 bits per heavy atom. The molecule has 0 bridgehead atoms. The number of hydrogen-bond donors (Lipinski definition) is 1. The Hall–Kier alpha value is -2.90. The Balaban J connectivity index is 1.44. The fourth-order valence-electron chi connectivity index (χ4n) is 2.12. The highest BCUT2D eigenvalue weighted by Gasteiger charge is 2.13. The Kier molecular flexibility index (Phi) is 4.51. The molecule has 0 aliphatic heterocycles. The van der Waals surface area contributed by atoms with Gasteiger partial charge in [0.15, 0.2) is 0 Å². The number of aromatic nitrogens is 4. The number of nitrogens with zero attached hydrogens (tertiary/aromatic N) is 4. The van der Waals surface area contributed by atoms with Crippen LogP contribution in [0.15, 0.2) is 39.6 Å². The Bertz CT molecular complexity index is 760. The third kappa shape index (κ3) is 3.85. The van der Waals surface area contributed by atoms with Gasteiger partial charge in [-0.15, -0.1) is 10.2 Å². The molecule has 1 N–H and O–H groups in total. The van der Waals surface area contributed by atoms with Crippen LogP contribution in [-0.4, -0.2) is 32.4 Å². The predicted octanol–water partition coefficient (Wildman–Crippen LogP) is 1.58. The van der Waals surface area contributed by atoms with Crippen molar-refractivity contribution >= 4 is 5.91 Å². The van der Waals surface area contributed by atoms with E-state index in [1.54, 1.807) is 23.2 Å². The molecule has 0 aromatic carbocycles. The summed E-state index contributed by atoms with van der Waals surface area (Å²) in [6, 6.07) is 3.62. The average molecular weight is 315 g/mol. The van der Waals surface area contributed by atoms with E-state index in [-0.39, 0.29) is 5.91 Å². The maximum atomic E-state index is 11.8. The van der Waals surface area contributed by atoms with Crippen LogP contribution in [0.3, 0.4) is 0 Å². The molecule has 0 saturated heterocycles. The number of rotatable bonds is 7. The zero-order valence-corrected chi connectivity index (χ0v) is 12.7. The molecule has 0 radical (unpaired) electrons. The van der Waals surface area contributed by atoms with E-state index in [9.17, 15) is 4.79 Å². The summed E-state index contributed by atoms with van der Waals surface area (Å²) < 4.78 is 12.5. The summed E-state index contributed by atoms with van der Waals surface area (Å²) in [6.07, 6.45) is 5.82. The quantitative estimate of drug-likeness (QED) is 0.710. The number of hydrogen-bond acceptors (Lipinski definition) is 6. The first kappa shape index (κ1) is 15.0. The molecular weight excluding hydrogens is 298 g/mol. The lowest BCUT2D eigenvalue weighted by molar-refractivity contribution is -0.121. The van der Waals surface area contributed by atoms with Crippen molar-refractivity contribution < 1.29 is 13.6 Å². The molecule has 3 rings (SSSR count). The van der Waals surface area contributed by atoms with Crippen molar-refractivity contribution in [1.29, 1.82) is 0 Å². The second kappa shape index (κ2) is 6.91. The second-order valence-electron chi connectivity index (χ2n) is 5.01. The normalized spacial score (nSPS) is 10.8. The first-order valence-corrected chi connectivity index (χ1v) is 7.33. The van der Waals surface area contributed by atoms with Gasteiger partial charge in [0.25, 0.3) is 5.89 Å². The summed E-state index contributed by atoms with van der Waals surface area (Å²) in [5.74, 6) is 1.50. The molecule has 8 heteroatoms. The van der Waals surface area contributed by atoms with Gasteiger partial charge in [-0.25, -0.2) is 0 Å². The highest BCUT2D eigenvalue weighted by atomic mass is 16.4.